The minimum atomic E-state index is 0.429. The lowest BCUT2D eigenvalue weighted by molar-refractivity contribution is 0.482. The molecule has 0 aliphatic carbocycles. The molecule has 0 heterocycles. The van der Waals surface area contributed by atoms with E-state index in [9.17, 15) is 0 Å². The highest BCUT2D eigenvalue weighted by Crippen LogP contribution is 2.23. The second-order valence-electron chi connectivity index (χ2n) is 5.82. The van der Waals surface area contributed by atoms with Crippen molar-refractivity contribution in [3.8, 4) is 11.5 Å². The van der Waals surface area contributed by atoms with Gasteiger partial charge in [-0.1, -0.05) is 29.3 Å². The summed E-state index contributed by atoms with van der Waals surface area (Å²) in [7, 11) is 0. The molecule has 3 rings (SSSR count). The average molecular weight is 396 g/mol. The van der Waals surface area contributed by atoms with Crippen molar-refractivity contribution in [3.05, 3.63) is 88.9 Å². The van der Waals surface area contributed by atoms with E-state index in [2.05, 4.69) is 15.8 Å². The van der Waals surface area contributed by atoms with Crippen molar-refractivity contribution in [2.45, 2.75) is 6.92 Å². The van der Waals surface area contributed by atoms with Crippen LogP contribution in [-0.2, 0) is 0 Å². The fourth-order valence-corrected chi connectivity index (χ4v) is 2.52. The van der Waals surface area contributed by atoms with Crippen molar-refractivity contribution >= 4 is 40.8 Å². The van der Waals surface area contributed by atoms with Crippen LogP contribution in [-0.4, -0.2) is 11.3 Å². The van der Waals surface area contributed by atoms with Crippen LogP contribution in [0, 0.1) is 6.92 Å². The minimum absolute atomic E-state index is 0.429. The van der Waals surface area contributed by atoms with E-state index in [1.165, 1.54) is 5.56 Å². The summed E-state index contributed by atoms with van der Waals surface area (Å²) in [4.78, 5) is 0. The van der Waals surface area contributed by atoms with Crippen LogP contribution in [0.1, 0.15) is 11.1 Å². The number of aryl methyl sites for hydroxylation is 1. The number of hydrogen-bond acceptors (Lipinski definition) is 3. The normalized spacial score (nSPS) is 10.6. The number of anilines is 1. The monoisotopic (exact) mass is 395 g/mol. The molecule has 136 valence electrons. The molecule has 0 saturated carbocycles. The first-order valence-corrected chi connectivity index (χ1v) is 9.07. The number of hydrazone groups is 1. The predicted octanol–water partition coefficient (Wildman–Crippen LogP) is 5.76. The predicted molar refractivity (Wildman–Crippen MR) is 116 cm³/mol. The van der Waals surface area contributed by atoms with Crippen molar-refractivity contribution in [3.63, 3.8) is 0 Å². The molecule has 0 aromatic heterocycles. The van der Waals surface area contributed by atoms with E-state index in [4.69, 9.17) is 28.6 Å². The summed E-state index contributed by atoms with van der Waals surface area (Å²) in [6.07, 6.45) is 1.69. The highest BCUT2D eigenvalue weighted by Gasteiger charge is 1.98. The molecule has 4 nitrogen and oxygen atoms in total. The Labute approximate surface area is 168 Å². The summed E-state index contributed by atoms with van der Waals surface area (Å²) in [5.74, 6) is 1.47. The van der Waals surface area contributed by atoms with Crippen molar-refractivity contribution < 1.29 is 4.74 Å². The number of ether oxygens (including phenoxy) is 1. The van der Waals surface area contributed by atoms with Crippen LogP contribution >= 0.6 is 23.8 Å². The molecule has 27 heavy (non-hydrogen) atoms. The minimum Gasteiger partial charge on any atom is -0.457 e. The summed E-state index contributed by atoms with van der Waals surface area (Å²) in [6.45, 7) is 2.04. The molecule has 6 heteroatoms. The van der Waals surface area contributed by atoms with Crippen molar-refractivity contribution in [1.29, 1.82) is 0 Å². The van der Waals surface area contributed by atoms with Crippen LogP contribution < -0.4 is 15.5 Å². The highest BCUT2D eigenvalue weighted by molar-refractivity contribution is 7.80. The van der Waals surface area contributed by atoms with Gasteiger partial charge in [0.1, 0.15) is 11.5 Å². The topological polar surface area (TPSA) is 45.7 Å². The van der Waals surface area contributed by atoms with Crippen molar-refractivity contribution in [2.24, 2.45) is 5.10 Å². The molecule has 0 fully saturated rings. The van der Waals surface area contributed by atoms with Crippen LogP contribution in [0.5, 0.6) is 11.5 Å². The molecule has 0 unspecified atom stereocenters. The lowest BCUT2D eigenvalue weighted by Crippen LogP contribution is -2.23. The molecule has 0 saturated heterocycles. The van der Waals surface area contributed by atoms with E-state index in [0.717, 1.165) is 22.7 Å². The second-order valence-corrected chi connectivity index (χ2v) is 6.66. The highest BCUT2D eigenvalue weighted by atomic mass is 35.5. The van der Waals surface area contributed by atoms with Gasteiger partial charge in [-0.3, -0.25) is 5.43 Å². The number of nitrogens with one attached hydrogen (secondary N) is 2. The average Bonchev–Trinajstić information content (AvgIpc) is 2.67. The Hall–Kier alpha value is -2.89. The first kappa shape index (κ1) is 18.9. The van der Waals surface area contributed by atoms with Crippen molar-refractivity contribution in [2.75, 3.05) is 5.32 Å². The zero-order valence-corrected chi connectivity index (χ0v) is 16.2. The zero-order valence-electron chi connectivity index (χ0n) is 14.6. The first-order valence-electron chi connectivity index (χ1n) is 8.29. The molecule has 3 aromatic carbocycles. The van der Waals surface area contributed by atoms with Crippen LogP contribution in [0.15, 0.2) is 77.9 Å². The van der Waals surface area contributed by atoms with Gasteiger partial charge in [0.25, 0.3) is 0 Å². The largest absolute Gasteiger partial charge is 0.457 e. The lowest BCUT2D eigenvalue weighted by Gasteiger charge is -2.07. The number of benzene rings is 3. The zero-order chi connectivity index (χ0) is 19.1. The molecule has 0 amide bonds. The molecule has 0 radical (unpaired) electrons. The number of halogens is 1. The number of rotatable bonds is 5. The summed E-state index contributed by atoms with van der Waals surface area (Å²) in [6, 6.07) is 22.8. The van der Waals surface area contributed by atoms with Crippen LogP contribution in [0.4, 0.5) is 5.69 Å². The maximum atomic E-state index is 5.87. The number of thiocarbonyl (C=S) groups is 1. The van der Waals surface area contributed by atoms with Gasteiger partial charge in [-0.25, -0.2) is 0 Å². The molecular formula is C21H18ClN3OS. The third-order valence-corrected chi connectivity index (χ3v) is 4.06. The standard InChI is InChI=1S/C21H18ClN3OS/c1-15-2-8-18(9-3-15)24-21(27)25-23-14-16-4-10-19(11-5-16)26-20-12-6-17(22)7-13-20/h2-14H,1H3,(H2,24,25,27)/b23-14+. The quantitative estimate of drug-likeness (QED) is 0.327. The molecule has 0 aliphatic heterocycles. The Morgan fingerprint density at radius 2 is 1.52 bits per heavy atom. The molecule has 0 spiro atoms. The number of nitrogens with zero attached hydrogens (tertiary/aromatic N) is 1. The summed E-state index contributed by atoms with van der Waals surface area (Å²) in [5, 5.41) is 8.32. The molecular weight excluding hydrogens is 378 g/mol. The van der Waals surface area contributed by atoms with E-state index >= 15 is 0 Å². The van der Waals surface area contributed by atoms with Gasteiger partial charge in [0.2, 0.25) is 0 Å². The Bertz CT molecular complexity index is 923. The maximum absolute atomic E-state index is 5.87. The van der Waals surface area contributed by atoms with Crippen molar-refractivity contribution in [1.82, 2.24) is 5.43 Å². The smallest absolute Gasteiger partial charge is 0.191 e. The molecule has 2 N–H and O–H groups in total. The molecule has 0 bridgehead atoms. The van der Waals surface area contributed by atoms with Crippen LogP contribution in [0.25, 0.3) is 0 Å². The summed E-state index contributed by atoms with van der Waals surface area (Å²) < 4.78 is 5.76. The van der Waals surface area contributed by atoms with E-state index in [0.29, 0.717) is 10.1 Å². The Morgan fingerprint density at radius 1 is 0.926 bits per heavy atom. The Kier molecular flexibility index (Phi) is 6.41. The molecule has 0 aliphatic rings. The van der Waals surface area contributed by atoms with Gasteiger partial charge in [-0.2, -0.15) is 5.10 Å². The van der Waals surface area contributed by atoms with Gasteiger partial charge in [0, 0.05) is 10.7 Å². The third kappa shape index (κ3) is 6.09. The molecule has 0 atom stereocenters. The van der Waals surface area contributed by atoms with Gasteiger partial charge in [0.05, 0.1) is 6.21 Å². The van der Waals surface area contributed by atoms with Crippen LogP contribution in [0.3, 0.4) is 0 Å². The van der Waals surface area contributed by atoms with E-state index < -0.39 is 0 Å². The fourth-order valence-electron chi connectivity index (χ4n) is 2.22. The van der Waals surface area contributed by atoms with Gasteiger partial charge < -0.3 is 10.1 Å². The third-order valence-electron chi connectivity index (χ3n) is 3.62. The van der Waals surface area contributed by atoms with Gasteiger partial charge in [-0.15, -0.1) is 0 Å². The van der Waals surface area contributed by atoms with Gasteiger partial charge in [-0.05, 0) is 85.4 Å². The molecule has 3 aromatic rings. The Morgan fingerprint density at radius 3 is 2.15 bits per heavy atom. The summed E-state index contributed by atoms with van der Waals surface area (Å²) >= 11 is 11.1. The maximum Gasteiger partial charge on any atom is 0.191 e. The first-order chi connectivity index (χ1) is 13.1. The fraction of sp³-hybridized carbons (Fsp3) is 0.0476. The van der Waals surface area contributed by atoms with Gasteiger partial charge >= 0.3 is 0 Å². The lowest BCUT2D eigenvalue weighted by atomic mass is 10.2. The van der Waals surface area contributed by atoms with E-state index in [-0.39, 0.29) is 0 Å². The Balaban J connectivity index is 1.50. The summed E-state index contributed by atoms with van der Waals surface area (Å²) in [5.41, 5.74) is 5.83. The van der Waals surface area contributed by atoms with E-state index in [1.54, 1.807) is 18.3 Å². The van der Waals surface area contributed by atoms with Gasteiger partial charge in [0.15, 0.2) is 5.11 Å². The SMILES string of the molecule is Cc1ccc(NC(=S)N/N=C/c2ccc(Oc3ccc(Cl)cc3)cc2)cc1. The van der Waals surface area contributed by atoms with E-state index in [1.807, 2.05) is 67.6 Å². The second kappa shape index (κ2) is 9.16. The van der Waals surface area contributed by atoms with Crippen LogP contribution in [0.2, 0.25) is 5.02 Å². The number of hydrogen-bond donors (Lipinski definition) is 2.